The van der Waals surface area contributed by atoms with Crippen molar-refractivity contribution in [3.63, 3.8) is 0 Å². The van der Waals surface area contributed by atoms with Crippen molar-refractivity contribution < 1.29 is 18.7 Å². The maximum absolute atomic E-state index is 13.2. The number of amides is 1. The van der Waals surface area contributed by atoms with Gasteiger partial charge in [-0.15, -0.1) is 0 Å². The van der Waals surface area contributed by atoms with E-state index in [9.17, 15) is 14.0 Å². The molecule has 0 saturated carbocycles. The van der Waals surface area contributed by atoms with Gasteiger partial charge in [0, 0.05) is 11.4 Å². The first-order valence-corrected chi connectivity index (χ1v) is 8.48. The van der Waals surface area contributed by atoms with Crippen molar-refractivity contribution in [3.05, 3.63) is 78.0 Å². The highest BCUT2D eigenvalue weighted by atomic mass is 19.1. The lowest BCUT2D eigenvalue weighted by molar-refractivity contribution is 0.0526. The summed E-state index contributed by atoms with van der Waals surface area (Å²) in [7, 11) is 0. The summed E-state index contributed by atoms with van der Waals surface area (Å²) in [5, 5.41) is 5.57. The van der Waals surface area contributed by atoms with E-state index in [2.05, 4.69) is 20.6 Å². The van der Waals surface area contributed by atoms with Gasteiger partial charge in [0.1, 0.15) is 17.3 Å². The van der Waals surface area contributed by atoms with Gasteiger partial charge >= 0.3 is 5.97 Å². The molecule has 1 aromatic heterocycles. The number of benzene rings is 2. The van der Waals surface area contributed by atoms with Crippen LogP contribution < -0.4 is 10.6 Å². The molecule has 2 N–H and O–H groups in total. The number of rotatable bonds is 6. The van der Waals surface area contributed by atoms with Crippen LogP contribution in [0.2, 0.25) is 0 Å². The van der Waals surface area contributed by atoms with Crippen LogP contribution in [0.4, 0.5) is 21.6 Å². The fourth-order valence-electron chi connectivity index (χ4n) is 2.32. The Bertz CT molecular complexity index is 976. The molecule has 0 aliphatic carbocycles. The number of aromatic nitrogens is 2. The zero-order valence-electron chi connectivity index (χ0n) is 15.0. The van der Waals surface area contributed by atoms with Crippen molar-refractivity contribution in [1.29, 1.82) is 0 Å². The molecule has 3 aromatic rings. The molecule has 142 valence electrons. The summed E-state index contributed by atoms with van der Waals surface area (Å²) in [6, 6.07) is 12.2. The minimum atomic E-state index is -0.450. The first kappa shape index (κ1) is 19.0. The average Bonchev–Trinajstić information content (AvgIpc) is 2.69. The van der Waals surface area contributed by atoms with Crippen LogP contribution in [-0.2, 0) is 4.74 Å². The van der Waals surface area contributed by atoms with E-state index in [0.29, 0.717) is 29.4 Å². The van der Waals surface area contributed by atoms with Gasteiger partial charge in [-0.25, -0.2) is 19.2 Å². The fraction of sp³-hybridized carbons (Fsp3) is 0.100. The summed E-state index contributed by atoms with van der Waals surface area (Å²) in [4.78, 5) is 32.1. The molecule has 3 rings (SSSR count). The quantitative estimate of drug-likeness (QED) is 0.632. The topological polar surface area (TPSA) is 93.2 Å². The van der Waals surface area contributed by atoms with E-state index >= 15 is 0 Å². The van der Waals surface area contributed by atoms with E-state index in [4.69, 9.17) is 4.74 Å². The summed E-state index contributed by atoms with van der Waals surface area (Å²) >= 11 is 0. The van der Waals surface area contributed by atoms with Crippen molar-refractivity contribution in [2.24, 2.45) is 0 Å². The largest absolute Gasteiger partial charge is 0.462 e. The third-order valence-electron chi connectivity index (χ3n) is 3.64. The normalized spacial score (nSPS) is 10.2. The first-order chi connectivity index (χ1) is 13.5. The molecule has 28 heavy (non-hydrogen) atoms. The number of nitrogens with one attached hydrogen (secondary N) is 2. The highest BCUT2D eigenvalue weighted by molar-refractivity contribution is 6.03. The molecule has 0 unspecified atom stereocenters. The van der Waals surface area contributed by atoms with E-state index in [0.717, 1.165) is 0 Å². The number of halogens is 1. The second-order valence-corrected chi connectivity index (χ2v) is 5.67. The standard InChI is InChI=1S/C20H17FN4O3/c1-2-28-20(27)13-6-8-15(9-7-13)25-19(26)17-11-23-18(12-22-17)24-16-5-3-4-14(21)10-16/h3-12H,2H2,1H3,(H,23,24)(H,25,26). The van der Waals surface area contributed by atoms with Crippen molar-refractivity contribution in [1.82, 2.24) is 9.97 Å². The average molecular weight is 380 g/mol. The molecule has 0 bridgehead atoms. The molecule has 0 radical (unpaired) electrons. The van der Waals surface area contributed by atoms with E-state index < -0.39 is 11.9 Å². The Morgan fingerprint density at radius 1 is 1.04 bits per heavy atom. The predicted molar refractivity (Wildman–Crippen MR) is 102 cm³/mol. The second kappa shape index (κ2) is 8.72. The number of esters is 1. The predicted octanol–water partition coefficient (Wildman–Crippen LogP) is 3.79. The number of hydrogen-bond acceptors (Lipinski definition) is 6. The van der Waals surface area contributed by atoms with Gasteiger partial charge in [0.05, 0.1) is 24.6 Å². The van der Waals surface area contributed by atoms with Crippen LogP contribution in [0.3, 0.4) is 0 Å². The van der Waals surface area contributed by atoms with Gasteiger partial charge in [-0.1, -0.05) is 6.07 Å². The van der Waals surface area contributed by atoms with E-state index in [1.165, 1.54) is 24.5 Å². The maximum atomic E-state index is 13.2. The highest BCUT2D eigenvalue weighted by Gasteiger charge is 2.10. The lowest BCUT2D eigenvalue weighted by atomic mass is 10.2. The Labute approximate surface area is 160 Å². The van der Waals surface area contributed by atoms with Crippen LogP contribution in [0.25, 0.3) is 0 Å². The molecule has 7 nitrogen and oxygen atoms in total. The molecular formula is C20H17FN4O3. The Kier molecular flexibility index (Phi) is 5.91. The van der Waals surface area contributed by atoms with Crippen molar-refractivity contribution >= 4 is 29.1 Å². The number of anilines is 3. The van der Waals surface area contributed by atoms with Crippen LogP contribution >= 0.6 is 0 Å². The van der Waals surface area contributed by atoms with Gasteiger partial charge in [-0.05, 0) is 49.4 Å². The first-order valence-electron chi connectivity index (χ1n) is 8.48. The summed E-state index contributed by atoms with van der Waals surface area (Å²) in [5.41, 5.74) is 1.53. The number of carbonyl (C=O) groups excluding carboxylic acids is 2. The van der Waals surface area contributed by atoms with E-state index in [1.54, 1.807) is 43.3 Å². The summed E-state index contributed by atoms with van der Waals surface area (Å²) in [6.45, 7) is 2.02. The summed E-state index contributed by atoms with van der Waals surface area (Å²) < 4.78 is 18.1. The maximum Gasteiger partial charge on any atom is 0.338 e. The zero-order valence-corrected chi connectivity index (χ0v) is 15.0. The minimum absolute atomic E-state index is 0.110. The molecule has 0 aliphatic heterocycles. The van der Waals surface area contributed by atoms with Crippen molar-refractivity contribution in [2.45, 2.75) is 6.92 Å². The Morgan fingerprint density at radius 3 is 2.46 bits per heavy atom. The Balaban J connectivity index is 1.62. The van der Waals surface area contributed by atoms with E-state index in [-0.39, 0.29) is 11.5 Å². The summed E-state index contributed by atoms with van der Waals surface area (Å²) in [5.74, 6) is -0.870. The molecule has 0 fully saturated rings. The van der Waals surface area contributed by atoms with Crippen LogP contribution in [0.1, 0.15) is 27.8 Å². The summed E-state index contributed by atoms with van der Waals surface area (Å²) in [6.07, 6.45) is 2.69. The third-order valence-corrected chi connectivity index (χ3v) is 3.64. The number of ether oxygens (including phenoxy) is 1. The number of carbonyl (C=O) groups is 2. The van der Waals surface area contributed by atoms with Crippen LogP contribution in [0, 0.1) is 5.82 Å². The van der Waals surface area contributed by atoms with Crippen molar-refractivity contribution in [2.75, 3.05) is 17.2 Å². The molecule has 0 atom stereocenters. The molecule has 8 heteroatoms. The zero-order chi connectivity index (χ0) is 19.9. The highest BCUT2D eigenvalue weighted by Crippen LogP contribution is 2.15. The van der Waals surface area contributed by atoms with Crippen LogP contribution in [-0.4, -0.2) is 28.5 Å². The molecule has 0 aliphatic rings. The van der Waals surface area contributed by atoms with Gasteiger partial charge in [-0.3, -0.25) is 4.79 Å². The number of hydrogen-bond donors (Lipinski definition) is 2. The third kappa shape index (κ3) is 4.88. The minimum Gasteiger partial charge on any atom is -0.462 e. The van der Waals surface area contributed by atoms with Crippen LogP contribution in [0.15, 0.2) is 60.9 Å². The van der Waals surface area contributed by atoms with Gasteiger partial charge in [-0.2, -0.15) is 0 Å². The smallest absolute Gasteiger partial charge is 0.338 e. The second-order valence-electron chi connectivity index (χ2n) is 5.67. The van der Waals surface area contributed by atoms with Crippen molar-refractivity contribution in [3.8, 4) is 0 Å². The van der Waals surface area contributed by atoms with Crippen LogP contribution in [0.5, 0.6) is 0 Å². The Morgan fingerprint density at radius 2 is 1.82 bits per heavy atom. The van der Waals surface area contributed by atoms with Gasteiger partial charge < -0.3 is 15.4 Å². The lowest BCUT2D eigenvalue weighted by Crippen LogP contribution is -2.14. The monoisotopic (exact) mass is 380 g/mol. The van der Waals surface area contributed by atoms with E-state index in [1.807, 2.05) is 0 Å². The fourth-order valence-corrected chi connectivity index (χ4v) is 2.32. The SMILES string of the molecule is CCOC(=O)c1ccc(NC(=O)c2cnc(Nc3cccc(F)c3)cn2)cc1. The molecule has 2 aromatic carbocycles. The molecular weight excluding hydrogens is 363 g/mol. The lowest BCUT2D eigenvalue weighted by Gasteiger charge is -2.07. The Hall–Kier alpha value is -3.81. The molecule has 0 spiro atoms. The molecule has 1 heterocycles. The van der Waals surface area contributed by atoms with Gasteiger partial charge in [0.15, 0.2) is 0 Å². The molecule has 0 saturated heterocycles. The number of nitrogens with zero attached hydrogens (tertiary/aromatic N) is 2. The van der Waals surface area contributed by atoms with Gasteiger partial charge in [0.2, 0.25) is 0 Å². The molecule has 1 amide bonds. The van der Waals surface area contributed by atoms with Gasteiger partial charge in [0.25, 0.3) is 5.91 Å².